The number of thioether (sulfide) groups is 1. The molecule has 1 amide bonds. The highest BCUT2D eigenvalue weighted by atomic mass is 32.2. The summed E-state index contributed by atoms with van der Waals surface area (Å²) >= 11 is -0.212. The Bertz CT molecular complexity index is 1330. The topological polar surface area (TPSA) is 92.3 Å². The molecule has 0 saturated carbocycles. The van der Waals surface area contributed by atoms with Gasteiger partial charge in [0, 0.05) is 17.0 Å². The molecule has 0 radical (unpaired) electrons. The van der Waals surface area contributed by atoms with Crippen molar-refractivity contribution in [1.82, 2.24) is 19.6 Å². The van der Waals surface area contributed by atoms with Crippen molar-refractivity contribution in [2.24, 2.45) is 0 Å². The van der Waals surface area contributed by atoms with Gasteiger partial charge in [0.25, 0.3) is 0 Å². The standard InChI is InChI=1S/C23H20F4N4O3S2/c24-16-5-9-19(10-6-16)36(33,34)31-11-1-2-21(31)22(32)28-13-17-12-20(30-14-29-17)15-3-7-18(8-4-15)35-23(25,26)27/h3-10,12,14,21H,1-2,11,13H2,(H,28,32)/t21-/m0/s1. The van der Waals surface area contributed by atoms with E-state index in [4.69, 9.17) is 0 Å². The minimum absolute atomic E-state index is 0.00268. The first-order valence-corrected chi connectivity index (χ1v) is 13.0. The summed E-state index contributed by atoms with van der Waals surface area (Å²) in [6, 6.07) is 10.8. The molecule has 0 spiro atoms. The molecule has 1 saturated heterocycles. The second kappa shape index (κ2) is 10.5. The van der Waals surface area contributed by atoms with E-state index in [9.17, 15) is 30.8 Å². The Morgan fingerprint density at radius 3 is 2.44 bits per heavy atom. The fourth-order valence-corrected chi connectivity index (χ4v) is 6.00. The van der Waals surface area contributed by atoms with Gasteiger partial charge in [0.1, 0.15) is 18.2 Å². The molecule has 0 aliphatic carbocycles. The van der Waals surface area contributed by atoms with Crippen molar-refractivity contribution in [3.8, 4) is 11.3 Å². The zero-order valence-electron chi connectivity index (χ0n) is 18.6. The van der Waals surface area contributed by atoms with E-state index >= 15 is 0 Å². The van der Waals surface area contributed by atoms with Gasteiger partial charge in [0.2, 0.25) is 15.9 Å². The van der Waals surface area contributed by atoms with Crippen LogP contribution in [0.5, 0.6) is 0 Å². The highest BCUT2D eigenvalue weighted by Crippen LogP contribution is 2.37. The molecule has 190 valence electrons. The molecule has 1 aliphatic heterocycles. The van der Waals surface area contributed by atoms with E-state index in [-0.39, 0.29) is 34.6 Å². The second-order valence-electron chi connectivity index (χ2n) is 7.91. The highest BCUT2D eigenvalue weighted by molar-refractivity contribution is 8.00. The van der Waals surface area contributed by atoms with Gasteiger partial charge >= 0.3 is 5.51 Å². The van der Waals surface area contributed by atoms with Crippen molar-refractivity contribution in [2.75, 3.05) is 6.54 Å². The number of nitrogens with one attached hydrogen (secondary N) is 1. The summed E-state index contributed by atoms with van der Waals surface area (Å²) < 4.78 is 77.9. The molecule has 1 aliphatic rings. The number of alkyl halides is 3. The lowest BCUT2D eigenvalue weighted by atomic mass is 10.1. The number of carbonyl (C=O) groups excluding carboxylic acids is 1. The number of hydrogen-bond acceptors (Lipinski definition) is 6. The third kappa shape index (κ3) is 6.20. The van der Waals surface area contributed by atoms with Crippen LogP contribution in [0, 0.1) is 5.82 Å². The van der Waals surface area contributed by atoms with E-state index in [1.807, 2.05) is 0 Å². The van der Waals surface area contributed by atoms with Crippen LogP contribution in [0.2, 0.25) is 0 Å². The minimum Gasteiger partial charge on any atom is -0.349 e. The number of nitrogens with zero attached hydrogens (tertiary/aromatic N) is 3. The Morgan fingerprint density at radius 2 is 1.78 bits per heavy atom. The first kappa shape index (κ1) is 26.0. The summed E-state index contributed by atoms with van der Waals surface area (Å²) in [6.45, 7) is 0.162. The van der Waals surface area contributed by atoms with Crippen LogP contribution in [0.3, 0.4) is 0 Å². The molecular weight excluding hydrogens is 520 g/mol. The van der Waals surface area contributed by atoms with Gasteiger partial charge in [-0.2, -0.15) is 17.5 Å². The number of halogens is 4. The molecule has 1 N–H and O–H groups in total. The van der Waals surface area contributed by atoms with Crippen molar-refractivity contribution in [3.05, 3.63) is 72.4 Å². The number of aromatic nitrogens is 2. The zero-order chi connectivity index (χ0) is 25.9. The number of sulfonamides is 1. The molecule has 1 fully saturated rings. The molecular formula is C23H20F4N4O3S2. The van der Waals surface area contributed by atoms with Crippen molar-refractivity contribution >= 4 is 27.7 Å². The second-order valence-corrected chi connectivity index (χ2v) is 10.9. The van der Waals surface area contributed by atoms with Crippen molar-refractivity contribution in [3.63, 3.8) is 0 Å². The SMILES string of the molecule is O=C(NCc1cc(-c2ccc(SC(F)(F)F)cc2)ncn1)[C@@H]1CCCN1S(=O)(=O)c1ccc(F)cc1. The fraction of sp³-hybridized carbons (Fsp3) is 0.261. The molecule has 3 aromatic rings. The van der Waals surface area contributed by atoms with Gasteiger partial charge in [0.05, 0.1) is 22.8 Å². The van der Waals surface area contributed by atoms with Gasteiger partial charge in [-0.25, -0.2) is 22.8 Å². The van der Waals surface area contributed by atoms with E-state index in [2.05, 4.69) is 15.3 Å². The molecule has 1 aromatic heterocycles. The number of benzene rings is 2. The van der Waals surface area contributed by atoms with Gasteiger partial charge in [-0.15, -0.1) is 0 Å². The van der Waals surface area contributed by atoms with Gasteiger partial charge < -0.3 is 5.32 Å². The summed E-state index contributed by atoms with van der Waals surface area (Å²) in [5, 5.41) is 2.69. The maximum absolute atomic E-state index is 13.2. The molecule has 13 heteroatoms. The molecule has 0 unspecified atom stereocenters. The van der Waals surface area contributed by atoms with Crippen molar-refractivity contribution in [2.45, 2.75) is 40.7 Å². The monoisotopic (exact) mass is 540 g/mol. The normalized spacial score (nSPS) is 16.7. The summed E-state index contributed by atoms with van der Waals surface area (Å²) in [4.78, 5) is 21.0. The van der Waals surface area contributed by atoms with Crippen LogP contribution in [-0.4, -0.2) is 46.7 Å². The van der Waals surface area contributed by atoms with Crippen LogP contribution in [0.4, 0.5) is 17.6 Å². The van der Waals surface area contributed by atoms with E-state index < -0.39 is 33.3 Å². The Kier molecular flexibility index (Phi) is 7.62. The minimum atomic E-state index is -4.38. The summed E-state index contributed by atoms with van der Waals surface area (Å²) in [6.07, 6.45) is 2.11. The van der Waals surface area contributed by atoms with Crippen LogP contribution in [0.15, 0.2) is 70.7 Å². The first-order chi connectivity index (χ1) is 17.0. The number of hydrogen-bond donors (Lipinski definition) is 1. The summed E-state index contributed by atoms with van der Waals surface area (Å²) in [7, 11) is -3.98. The molecule has 4 rings (SSSR count). The number of rotatable bonds is 7. The Hall–Kier alpha value is -3.03. The Morgan fingerprint density at radius 1 is 1.08 bits per heavy atom. The van der Waals surface area contributed by atoms with Gasteiger partial charge in [-0.05, 0) is 67.1 Å². The summed E-state index contributed by atoms with van der Waals surface area (Å²) in [5.41, 5.74) is -2.91. The Balaban J connectivity index is 1.42. The molecule has 7 nitrogen and oxygen atoms in total. The fourth-order valence-electron chi connectivity index (χ4n) is 3.81. The quantitative estimate of drug-likeness (QED) is 0.354. The van der Waals surface area contributed by atoms with Crippen LogP contribution in [0.1, 0.15) is 18.5 Å². The smallest absolute Gasteiger partial charge is 0.349 e. The zero-order valence-corrected chi connectivity index (χ0v) is 20.2. The molecule has 1 atom stereocenters. The lowest BCUT2D eigenvalue weighted by Gasteiger charge is -2.23. The average molecular weight is 541 g/mol. The predicted octanol–water partition coefficient (Wildman–Crippen LogP) is 4.36. The number of amides is 1. The lowest BCUT2D eigenvalue weighted by Crippen LogP contribution is -2.45. The van der Waals surface area contributed by atoms with E-state index in [1.54, 1.807) is 6.07 Å². The predicted molar refractivity (Wildman–Crippen MR) is 125 cm³/mol. The average Bonchev–Trinajstić information content (AvgIpc) is 3.34. The molecule has 2 heterocycles. The summed E-state index contributed by atoms with van der Waals surface area (Å²) in [5.74, 6) is -1.06. The van der Waals surface area contributed by atoms with Crippen LogP contribution in [0.25, 0.3) is 11.3 Å². The molecule has 36 heavy (non-hydrogen) atoms. The van der Waals surface area contributed by atoms with Gasteiger partial charge in [-0.3, -0.25) is 4.79 Å². The van der Waals surface area contributed by atoms with Gasteiger partial charge in [-0.1, -0.05) is 12.1 Å². The maximum Gasteiger partial charge on any atom is 0.446 e. The maximum atomic E-state index is 13.2. The molecule has 0 bridgehead atoms. The lowest BCUT2D eigenvalue weighted by molar-refractivity contribution is -0.124. The number of carbonyl (C=O) groups is 1. The van der Waals surface area contributed by atoms with E-state index in [0.29, 0.717) is 29.8 Å². The van der Waals surface area contributed by atoms with Gasteiger partial charge in [0.15, 0.2) is 0 Å². The van der Waals surface area contributed by atoms with Crippen molar-refractivity contribution in [1.29, 1.82) is 0 Å². The Labute approximate surface area is 209 Å². The van der Waals surface area contributed by atoms with E-state index in [0.717, 1.165) is 28.6 Å². The van der Waals surface area contributed by atoms with Crippen LogP contribution < -0.4 is 5.32 Å². The third-order valence-electron chi connectivity index (χ3n) is 5.48. The molecule has 2 aromatic carbocycles. The largest absolute Gasteiger partial charge is 0.446 e. The third-order valence-corrected chi connectivity index (χ3v) is 8.14. The first-order valence-electron chi connectivity index (χ1n) is 10.8. The highest BCUT2D eigenvalue weighted by Gasteiger charge is 2.39. The van der Waals surface area contributed by atoms with E-state index in [1.165, 1.54) is 30.6 Å². The van der Waals surface area contributed by atoms with Crippen LogP contribution in [-0.2, 0) is 21.4 Å². The van der Waals surface area contributed by atoms with Crippen molar-refractivity contribution < 1.29 is 30.8 Å². The van der Waals surface area contributed by atoms with Crippen LogP contribution >= 0.6 is 11.8 Å².